The molecule has 9 heteroatoms. The summed E-state index contributed by atoms with van der Waals surface area (Å²) in [6.07, 6.45) is -2.69. The predicted molar refractivity (Wildman–Crippen MR) is 118 cm³/mol. The lowest BCUT2D eigenvalue weighted by atomic mass is 9.77. The first-order valence-electron chi connectivity index (χ1n) is 10.7. The molecule has 0 amide bonds. The zero-order chi connectivity index (χ0) is 23.0. The lowest BCUT2D eigenvalue weighted by Gasteiger charge is -2.25. The van der Waals surface area contributed by atoms with Gasteiger partial charge in [-0.25, -0.2) is 4.98 Å². The highest BCUT2D eigenvalue weighted by atomic mass is 32.1. The highest BCUT2D eigenvalue weighted by molar-refractivity contribution is 7.11. The number of nitrogens with zero attached hydrogens (tertiary/aromatic N) is 2. The molecule has 0 fully saturated rings. The molecule has 0 saturated carbocycles. The van der Waals surface area contributed by atoms with Gasteiger partial charge in [-0.2, -0.15) is 13.2 Å². The van der Waals surface area contributed by atoms with Crippen LogP contribution in [-0.2, 0) is 18.1 Å². The Morgan fingerprint density at radius 1 is 1.09 bits per heavy atom. The van der Waals surface area contributed by atoms with Crippen molar-refractivity contribution >= 4 is 17.0 Å². The van der Waals surface area contributed by atoms with E-state index in [0.717, 1.165) is 21.5 Å². The molecule has 3 aromatic rings. The number of alkyl halides is 3. The van der Waals surface area contributed by atoms with Gasteiger partial charge in [0.05, 0.1) is 28.2 Å². The third-order valence-corrected chi connectivity index (χ3v) is 7.79. The van der Waals surface area contributed by atoms with Gasteiger partial charge in [0.2, 0.25) is 6.79 Å². The number of para-hydroxylation sites is 1. The van der Waals surface area contributed by atoms with Gasteiger partial charge in [0.25, 0.3) is 0 Å². The Morgan fingerprint density at radius 3 is 2.61 bits per heavy atom. The molecule has 3 aliphatic rings. The minimum Gasteiger partial charge on any atom is -0.492 e. The second-order valence-electron chi connectivity index (χ2n) is 8.95. The second kappa shape index (κ2) is 7.03. The maximum atomic E-state index is 14.1. The Hall–Kier alpha value is -2.94. The molecule has 172 valence electrons. The van der Waals surface area contributed by atoms with Crippen molar-refractivity contribution in [2.75, 3.05) is 24.8 Å². The number of aromatic nitrogens is 1. The van der Waals surface area contributed by atoms with Crippen molar-refractivity contribution in [3.63, 3.8) is 0 Å². The molecule has 33 heavy (non-hydrogen) atoms. The minimum atomic E-state index is -4.47. The van der Waals surface area contributed by atoms with Gasteiger partial charge in [0.1, 0.15) is 12.4 Å². The third kappa shape index (κ3) is 3.08. The monoisotopic (exact) mass is 474 g/mol. The summed E-state index contributed by atoms with van der Waals surface area (Å²) >= 11 is 1.55. The van der Waals surface area contributed by atoms with Gasteiger partial charge in [-0.05, 0) is 17.7 Å². The number of thiazole rings is 1. The first-order chi connectivity index (χ1) is 15.8. The van der Waals surface area contributed by atoms with Crippen LogP contribution in [0.2, 0.25) is 0 Å². The van der Waals surface area contributed by atoms with Crippen LogP contribution in [-0.4, -0.2) is 24.9 Å². The highest BCUT2D eigenvalue weighted by Crippen LogP contribution is 2.56. The number of hydrogen-bond acceptors (Lipinski definition) is 6. The number of benzene rings is 2. The van der Waals surface area contributed by atoms with E-state index >= 15 is 0 Å². The summed E-state index contributed by atoms with van der Waals surface area (Å²) in [5.41, 5.74) is 0.335. The van der Waals surface area contributed by atoms with Crippen LogP contribution >= 0.6 is 11.3 Å². The summed E-state index contributed by atoms with van der Waals surface area (Å²) in [7, 11) is 0. The predicted octanol–water partition coefficient (Wildman–Crippen LogP) is 5.71. The Labute approximate surface area is 192 Å². The Balaban J connectivity index is 1.49. The average molecular weight is 475 g/mol. The van der Waals surface area contributed by atoms with Gasteiger partial charge in [-0.1, -0.05) is 26.0 Å². The van der Waals surface area contributed by atoms with Crippen LogP contribution in [0.15, 0.2) is 36.5 Å². The number of rotatable bonds is 3. The number of ether oxygens (including phenoxy) is 3. The molecule has 1 spiro atoms. The van der Waals surface area contributed by atoms with Gasteiger partial charge in [-0.3, -0.25) is 0 Å². The third-order valence-electron chi connectivity index (χ3n) is 6.51. The molecule has 0 aliphatic carbocycles. The van der Waals surface area contributed by atoms with E-state index in [-0.39, 0.29) is 25.0 Å². The van der Waals surface area contributed by atoms with Crippen molar-refractivity contribution in [1.82, 2.24) is 4.98 Å². The van der Waals surface area contributed by atoms with Crippen molar-refractivity contribution < 1.29 is 27.4 Å². The van der Waals surface area contributed by atoms with Crippen LogP contribution in [0.25, 0.3) is 0 Å². The number of anilines is 1. The summed E-state index contributed by atoms with van der Waals surface area (Å²) in [5.74, 6) is 2.08. The molecular weight excluding hydrogens is 453 g/mol. The van der Waals surface area contributed by atoms with Crippen LogP contribution in [0.1, 0.15) is 46.3 Å². The zero-order valence-corrected chi connectivity index (χ0v) is 18.8. The topological polar surface area (TPSA) is 43.8 Å². The molecule has 0 saturated heterocycles. The van der Waals surface area contributed by atoms with Gasteiger partial charge < -0.3 is 19.1 Å². The molecule has 6 rings (SSSR count). The van der Waals surface area contributed by atoms with Crippen LogP contribution in [0.3, 0.4) is 0 Å². The number of halogens is 3. The maximum absolute atomic E-state index is 14.1. The van der Waals surface area contributed by atoms with Crippen LogP contribution in [0.4, 0.5) is 18.9 Å². The second-order valence-corrected chi connectivity index (χ2v) is 10.1. The van der Waals surface area contributed by atoms with Gasteiger partial charge >= 0.3 is 6.18 Å². The van der Waals surface area contributed by atoms with Crippen molar-refractivity contribution in [2.24, 2.45) is 0 Å². The van der Waals surface area contributed by atoms with Crippen molar-refractivity contribution in [1.29, 1.82) is 0 Å². The molecule has 1 aromatic heterocycles. The Bertz CT molecular complexity index is 1260. The fourth-order valence-electron chi connectivity index (χ4n) is 5.02. The molecule has 0 bridgehead atoms. The minimum absolute atomic E-state index is 0.121. The molecule has 1 atom stereocenters. The fraction of sp³-hybridized carbons (Fsp3) is 0.375. The summed E-state index contributed by atoms with van der Waals surface area (Å²) in [6.45, 7) is 5.22. The largest absolute Gasteiger partial charge is 0.492 e. The Kier molecular flexibility index (Phi) is 4.40. The van der Waals surface area contributed by atoms with Crippen molar-refractivity contribution in [3.8, 4) is 17.2 Å². The molecule has 0 N–H and O–H groups in total. The molecule has 1 unspecified atom stereocenters. The van der Waals surface area contributed by atoms with Gasteiger partial charge in [-0.15, -0.1) is 11.3 Å². The summed E-state index contributed by atoms with van der Waals surface area (Å²) in [6, 6.07) is 8.08. The van der Waals surface area contributed by atoms with Crippen molar-refractivity contribution in [2.45, 2.75) is 37.9 Å². The number of fused-ring (bicyclic) bond motifs is 5. The van der Waals surface area contributed by atoms with Gasteiger partial charge in [0.15, 0.2) is 11.5 Å². The summed E-state index contributed by atoms with van der Waals surface area (Å²) in [5, 5.41) is 0.977. The molecule has 3 aliphatic heterocycles. The van der Waals surface area contributed by atoms with Crippen molar-refractivity contribution in [3.05, 3.63) is 63.1 Å². The fourth-order valence-corrected chi connectivity index (χ4v) is 5.96. The molecule has 5 nitrogen and oxygen atoms in total. The summed E-state index contributed by atoms with van der Waals surface area (Å²) < 4.78 is 59.4. The van der Waals surface area contributed by atoms with E-state index in [1.54, 1.807) is 29.7 Å². The first kappa shape index (κ1) is 20.7. The van der Waals surface area contributed by atoms with Crippen LogP contribution in [0.5, 0.6) is 17.2 Å². The summed E-state index contributed by atoms with van der Waals surface area (Å²) in [4.78, 5) is 7.23. The van der Waals surface area contributed by atoms with E-state index in [1.165, 1.54) is 6.07 Å². The average Bonchev–Trinajstić information content (AvgIpc) is 3.54. The van der Waals surface area contributed by atoms with Crippen LogP contribution < -0.4 is 19.1 Å². The standard InChI is InChI=1S/C24H21F3N2O3S/c1-13(2)22-28-8-14(33-22)9-29-10-23(15-4-3-5-16(21(15)29)24(25,26)27)11-30-18-7-20-19(6-17(18)23)31-12-32-20/h3-8,13H,9-12H2,1-2H3. The van der Waals surface area contributed by atoms with E-state index in [1.807, 2.05) is 11.0 Å². The van der Waals surface area contributed by atoms with Crippen LogP contribution in [0, 0.1) is 0 Å². The smallest absolute Gasteiger partial charge is 0.418 e. The molecule has 2 aromatic carbocycles. The van der Waals surface area contributed by atoms with E-state index in [4.69, 9.17) is 14.2 Å². The zero-order valence-electron chi connectivity index (χ0n) is 18.0. The molecule has 4 heterocycles. The van der Waals surface area contributed by atoms with E-state index < -0.39 is 17.2 Å². The maximum Gasteiger partial charge on any atom is 0.418 e. The molecular formula is C24H21F3N2O3S. The van der Waals surface area contributed by atoms with E-state index in [2.05, 4.69) is 18.8 Å². The lowest BCUT2D eigenvalue weighted by molar-refractivity contribution is -0.137. The highest BCUT2D eigenvalue weighted by Gasteiger charge is 2.53. The molecule has 0 radical (unpaired) electrons. The number of hydrogen-bond donors (Lipinski definition) is 0. The normalized spacial score (nSPS) is 20.5. The Morgan fingerprint density at radius 2 is 1.88 bits per heavy atom. The quantitative estimate of drug-likeness (QED) is 0.486. The van der Waals surface area contributed by atoms with E-state index in [9.17, 15) is 13.2 Å². The first-order valence-corrected chi connectivity index (χ1v) is 11.5. The SMILES string of the molecule is CC(C)c1ncc(CN2CC3(COc4cc5c(cc43)OCO5)c3cccc(C(F)(F)F)c32)s1. The van der Waals surface area contributed by atoms with E-state index in [0.29, 0.717) is 35.9 Å². The lowest BCUT2D eigenvalue weighted by Crippen LogP contribution is -2.35. The van der Waals surface area contributed by atoms with Gasteiger partial charge in [0, 0.05) is 35.2 Å².